The van der Waals surface area contributed by atoms with Crippen molar-refractivity contribution in [1.29, 1.82) is 0 Å². The minimum absolute atomic E-state index is 0.171. The summed E-state index contributed by atoms with van der Waals surface area (Å²) in [6.45, 7) is 0. The highest BCUT2D eigenvalue weighted by molar-refractivity contribution is 9.11. The standard InChI is InChI=1S/C11H10BrNO2/c12-6-9-3-4-10(11(14)15-9)8-2-1-5-13-7-8/h1-2,5-7,10H,3-4H2. The molecule has 0 saturated carbocycles. The zero-order valence-corrected chi connectivity index (χ0v) is 9.61. The van der Waals surface area contributed by atoms with Crippen LogP contribution in [0.5, 0.6) is 0 Å². The summed E-state index contributed by atoms with van der Waals surface area (Å²) in [4.78, 5) is 17.3. The molecule has 0 bridgehead atoms. The predicted molar refractivity (Wildman–Crippen MR) is 59.3 cm³/mol. The quantitative estimate of drug-likeness (QED) is 0.735. The van der Waals surface area contributed by atoms with E-state index in [9.17, 15) is 4.79 Å². The molecule has 1 aromatic rings. The summed E-state index contributed by atoms with van der Waals surface area (Å²) in [5.41, 5.74) is 0.927. The molecular weight excluding hydrogens is 258 g/mol. The number of carbonyl (C=O) groups excluding carboxylic acids is 1. The molecule has 1 unspecified atom stereocenters. The number of aromatic nitrogens is 1. The van der Waals surface area contributed by atoms with Crippen LogP contribution in [0.3, 0.4) is 0 Å². The van der Waals surface area contributed by atoms with Crippen LogP contribution in [0.4, 0.5) is 0 Å². The number of rotatable bonds is 1. The molecule has 2 rings (SSSR count). The lowest BCUT2D eigenvalue weighted by molar-refractivity contribution is -0.143. The first kappa shape index (κ1) is 10.4. The van der Waals surface area contributed by atoms with E-state index < -0.39 is 0 Å². The summed E-state index contributed by atoms with van der Waals surface area (Å²) in [7, 11) is 0. The largest absolute Gasteiger partial charge is 0.430 e. The van der Waals surface area contributed by atoms with Crippen molar-refractivity contribution < 1.29 is 9.53 Å². The summed E-state index contributed by atoms with van der Waals surface area (Å²) >= 11 is 3.16. The number of esters is 1. The zero-order valence-electron chi connectivity index (χ0n) is 8.02. The summed E-state index contributed by atoms with van der Waals surface area (Å²) in [5.74, 6) is 0.329. The number of cyclic esters (lactones) is 1. The number of hydrogen-bond donors (Lipinski definition) is 0. The maximum absolute atomic E-state index is 11.7. The van der Waals surface area contributed by atoms with E-state index in [0.717, 1.165) is 18.4 Å². The number of pyridine rings is 1. The Hall–Kier alpha value is -1.16. The number of hydrogen-bond acceptors (Lipinski definition) is 3. The van der Waals surface area contributed by atoms with Crippen LogP contribution in [0.2, 0.25) is 0 Å². The monoisotopic (exact) mass is 267 g/mol. The van der Waals surface area contributed by atoms with E-state index >= 15 is 0 Å². The third-order valence-corrected chi connectivity index (χ3v) is 2.91. The van der Waals surface area contributed by atoms with Gasteiger partial charge in [-0.2, -0.15) is 0 Å². The molecule has 1 fully saturated rings. The third kappa shape index (κ3) is 2.26. The number of ether oxygens (including phenoxy) is 1. The molecule has 2 heterocycles. The fraction of sp³-hybridized carbons (Fsp3) is 0.273. The first-order chi connectivity index (χ1) is 7.31. The lowest BCUT2D eigenvalue weighted by Gasteiger charge is -2.22. The fourth-order valence-electron chi connectivity index (χ4n) is 1.62. The Balaban J connectivity index is 2.17. The minimum atomic E-state index is -0.194. The normalized spacial score (nSPS) is 23.9. The second kappa shape index (κ2) is 4.57. The Morgan fingerprint density at radius 1 is 1.60 bits per heavy atom. The van der Waals surface area contributed by atoms with Gasteiger partial charge in [0.15, 0.2) is 0 Å². The molecule has 1 atom stereocenters. The van der Waals surface area contributed by atoms with Gasteiger partial charge in [-0.1, -0.05) is 22.0 Å². The van der Waals surface area contributed by atoms with Gasteiger partial charge in [-0.25, -0.2) is 0 Å². The molecule has 1 aromatic heterocycles. The summed E-state index contributed by atoms with van der Waals surface area (Å²) in [5, 5.41) is 0. The van der Waals surface area contributed by atoms with Crippen LogP contribution in [-0.2, 0) is 9.53 Å². The first-order valence-corrected chi connectivity index (χ1v) is 5.63. The van der Waals surface area contributed by atoms with Crippen molar-refractivity contribution in [2.45, 2.75) is 18.8 Å². The van der Waals surface area contributed by atoms with Crippen molar-refractivity contribution in [2.75, 3.05) is 0 Å². The van der Waals surface area contributed by atoms with E-state index in [1.807, 2.05) is 12.1 Å². The first-order valence-electron chi connectivity index (χ1n) is 4.72. The van der Waals surface area contributed by atoms with Crippen LogP contribution in [0.1, 0.15) is 24.3 Å². The minimum Gasteiger partial charge on any atom is -0.430 e. The molecule has 0 aromatic carbocycles. The number of allylic oxidation sites excluding steroid dienone is 1. The van der Waals surface area contributed by atoms with Gasteiger partial charge in [0, 0.05) is 23.8 Å². The van der Waals surface area contributed by atoms with Gasteiger partial charge in [-0.15, -0.1) is 0 Å². The van der Waals surface area contributed by atoms with Gasteiger partial charge >= 0.3 is 5.97 Å². The number of nitrogens with zero attached hydrogens (tertiary/aromatic N) is 1. The molecule has 0 radical (unpaired) electrons. The average molecular weight is 268 g/mol. The molecule has 1 aliphatic rings. The van der Waals surface area contributed by atoms with Crippen molar-refractivity contribution in [2.24, 2.45) is 0 Å². The second-order valence-corrected chi connectivity index (χ2v) is 3.83. The van der Waals surface area contributed by atoms with Gasteiger partial charge in [0.1, 0.15) is 5.76 Å². The molecule has 1 saturated heterocycles. The van der Waals surface area contributed by atoms with E-state index in [-0.39, 0.29) is 11.9 Å². The smallest absolute Gasteiger partial charge is 0.318 e. The molecule has 3 nitrogen and oxygen atoms in total. The predicted octanol–water partition coefficient (Wildman–Crippen LogP) is 2.74. The van der Waals surface area contributed by atoms with Crippen LogP contribution in [-0.4, -0.2) is 11.0 Å². The van der Waals surface area contributed by atoms with Crippen LogP contribution in [0.15, 0.2) is 35.3 Å². The molecule has 78 valence electrons. The summed E-state index contributed by atoms with van der Waals surface area (Å²) in [6, 6.07) is 3.74. The topological polar surface area (TPSA) is 39.2 Å². The van der Waals surface area contributed by atoms with Gasteiger partial charge in [0.25, 0.3) is 0 Å². The third-order valence-electron chi connectivity index (χ3n) is 2.40. The van der Waals surface area contributed by atoms with Gasteiger partial charge in [0.2, 0.25) is 0 Å². The summed E-state index contributed by atoms with van der Waals surface area (Å²) < 4.78 is 5.15. The summed E-state index contributed by atoms with van der Waals surface area (Å²) in [6.07, 6.45) is 4.97. The number of carbonyl (C=O) groups is 1. The Bertz CT molecular complexity index is 389. The Morgan fingerprint density at radius 2 is 2.47 bits per heavy atom. The zero-order chi connectivity index (χ0) is 10.7. The van der Waals surface area contributed by atoms with Crippen LogP contribution >= 0.6 is 15.9 Å². The molecular formula is C11H10BrNO2. The SMILES string of the molecule is O=C1OC(=CBr)CCC1c1cccnc1. The van der Waals surface area contributed by atoms with Gasteiger partial charge in [-0.3, -0.25) is 9.78 Å². The molecule has 0 spiro atoms. The van der Waals surface area contributed by atoms with E-state index in [1.165, 1.54) is 0 Å². The van der Waals surface area contributed by atoms with Gasteiger partial charge in [-0.05, 0) is 18.1 Å². The molecule has 15 heavy (non-hydrogen) atoms. The number of halogens is 1. The van der Waals surface area contributed by atoms with E-state index in [2.05, 4.69) is 20.9 Å². The molecule has 0 amide bonds. The van der Waals surface area contributed by atoms with E-state index in [4.69, 9.17) is 4.74 Å². The lowest BCUT2D eigenvalue weighted by Crippen LogP contribution is -2.21. The molecule has 0 aliphatic carbocycles. The Kier molecular flexibility index (Phi) is 3.16. The second-order valence-electron chi connectivity index (χ2n) is 3.37. The molecule has 0 N–H and O–H groups in total. The maximum Gasteiger partial charge on any atom is 0.318 e. The Morgan fingerprint density at radius 3 is 3.07 bits per heavy atom. The van der Waals surface area contributed by atoms with Crippen molar-refractivity contribution in [1.82, 2.24) is 4.98 Å². The van der Waals surface area contributed by atoms with Gasteiger partial charge in [0.05, 0.1) is 5.92 Å². The highest BCUT2D eigenvalue weighted by Gasteiger charge is 2.28. The van der Waals surface area contributed by atoms with Crippen molar-refractivity contribution in [3.05, 3.63) is 40.8 Å². The maximum atomic E-state index is 11.7. The van der Waals surface area contributed by atoms with Crippen molar-refractivity contribution >= 4 is 21.9 Å². The van der Waals surface area contributed by atoms with Crippen LogP contribution < -0.4 is 0 Å². The highest BCUT2D eigenvalue weighted by Crippen LogP contribution is 2.30. The van der Waals surface area contributed by atoms with E-state index in [1.54, 1.807) is 17.4 Å². The van der Waals surface area contributed by atoms with Gasteiger partial charge < -0.3 is 4.74 Å². The Labute approximate surface area is 96.3 Å². The van der Waals surface area contributed by atoms with Crippen molar-refractivity contribution in [3.63, 3.8) is 0 Å². The van der Waals surface area contributed by atoms with E-state index in [0.29, 0.717) is 5.76 Å². The fourth-order valence-corrected chi connectivity index (χ4v) is 1.94. The average Bonchev–Trinajstić information content (AvgIpc) is 2.30. The van der Waals surface area contributed by atoms with Crippen molar-refractivity contribution in [3.8, 4) is 0 Å². The molecule has 1 aliphatic heterocycles. The lowest BCUT2D eigenvalue weighted by atomic mass is 9.93. The van der Waals surface area contributed by atoms with Crippen LogP contribution in [0, 0.1) is 0 Å². The highest BCUT2D eigenvalue weighted by atomic mass is 79.9. The molecule has 4 heteroatoms. The van der Waals surface area contributed by atoms with Crippen LogP contribution in [0.25, 0.3) is 0 Å².